The number of benzene rings is 1. The summed E-state index contributed by atoms with van der Waals surface area (Å²) in [5, 5.41) is 0. The van der Waals surface area contributed by atoms with Gasteiger partial charge in [0, 0.05) is 71.3 Å². The summed E-state index contributed by atoms with van der Waals surface area (Å²) in [6.07, 6.45) is 3.66. The van der Waals surface area contributed by atoms with Crippen LogP contribution in [0.5, 0.6) is 0 Å². The number of carbonyl (C=O) groups excluding carboxylic acids is 1. The van der Waals surface area contributed by atoms with Gasteiger partial charge < -0.3 is 9.80 Å². The van der Waals surface area contributed by atoms with Gasteiger partial charge >= 0.3 is 0 Å². The second kappa shape index (κ2) is 9.33. The highest BCUT2D eigenvalue weighted by atomic mass is 19.1. The molecule has 0 saturated carbocycles. The van der Waals surface area contributed by atoms with Crippen LogP contribution in [0.3, 0.4) is 0 Å². The van der Waals surface area contributed by atoms with Gasteiger partial charge in [-0.1, -0.05) is 12.1 Å². The smallest absolute Gasteiger partial charge is 0.236 e. The summed E-state index contributed by atoms with van der Waals surface area (Å²) in [6, 6.07) is 11.0. The molecule has 1 amide bonds. The third-order valence-electron chi connectivity index (χ3n) is 5.80. The fraction of sp³-hybridized carbons (Fsp3) is 0.455. The number of hydrogen-bond donors (Lipinski definition) is 0. The Balaban J connectivity index is 1.20. The van der Waals surface area contributed by atoms with E-state index in [9.17, 15) is 9.18 Å². The molecule has 0 radical (unpaired) electrons. The van der Waals surface area contributed by atoms with Crippen LogP contribution < -0.4 is 4.90 Å². The molecule has 0 aliphatic carbocycles. The van der Waals surface area contributed by atoms with E-state index in [-0.39, 0.29) is 11.7 Å². The van der Waals surface area contributed by atoms with E-state index < -0.39 is 0 Å². The lowest BCUT2D eigenvalue weighted by molar-refractivity contribution is -0.133. The first-order valence-corrected chi connectivity index (χ1v) is 10.3. The van der Waals surface area contributed by atoms with Crippen molar-refractivity contribution in [2.45, 2.75) is 6.54 Å². The summed E-state index contributed by atoms with van der Waals surface area (Å²) in [5.74, 6) is -0.0160. The monoisotopic (exact) mass is 397 g/mol. The van der Waals surface area contributed by atoms with Crippen molar-refractivity contribution in [3.8, 4) is 0 Å². The quantitative estimate of drug-likeness (QED) is 0.768. The molecule has 0 unspecified atom stereocenters. The minimum absolute atomic E-state index is 0.181. The molecule has 2 saturated heterocycles. The predicted molar refractivity (Wildman–Crippen MR) is 111 cm³/mol. The molecule has 154 valence electrons. The van der Waals surface area contributed by atoms with Crippen LogP contribution in [0.4, 0.5) is 10.1 Å². The SMILES string of the molecule is O=C(CN1CCN(Cc2ccncc2)CC1)N1CCN(c2ccccc2F)CC1. The molecular formula is C22H28FN5O. The molecule has 3 heterocycles. The summed E-state index contributed by atoms with van der Waals surface area (Å²) in [4.78, 5) is 25.4. The number of piperazine rings is 2. The number of aromatic nitrogens is 1. The van der Waals surface area contributed by atoms with E-state index in [0.29, 0.717) is 38.4 Å². The Hall–Kier alpha value is -2.51. The molecule has 2 aromatic rings. The van der Waals surface area contributed by atoms with E-state index >= 15 is 0 Å². The number of pyridine rings is 1. The van der Waals surface area contributed by atoms with Crippen molar-refractivity contribution in [2.75, 3.05) is 63.8 Å². The molecule has 0 N–H and O–H groups in total. The van der Waals surface area contributed by atoms with Crippen LogP contribution in [0.1, 0.15) is 5.56 Å². The van der Waals surface area contributed by atoms with Gasteiger partial charge in [0.05, 0.1) is 12.2 Å². The molecule has 2 aliphatic heterocycles. The normalized spacial score (nSPS) is 18.8. The summed E-state index contributed by atoms with van der Waals surface area (Å²) < 4.78 is 14.0. The molecule has 6 nitrogen and oxygen atoms in total. The maximum absolute atomic E-state index is 14.0. The number of anilines is 1. The van der Waals surface area contributed by atoms with Crippen LogP contribution in [-0.4, -0.2) is 84.5 Å². The second-order valence-corrected chi connectivity index (χ2v) is 7.73. The van der Waals surface area contributed by atoms with E-state index in [4.69, 9.17) is 0 Å². The van der Waals surface area contributed by atoms with Crippen LogP contribution in [0.25, 0.3) is 0 Å². The largest absolute Gasteiger partial charge is 0.366 e. The number of carbonyl (C=O) groups is 1. The topological polar surface area (TPSA) is 42.9 Å². The molecule has 2 fully saturated rings. The van der Waals surface area contributed by atoms with E-state index in [1.54, 1.807) is 12.1 Å². The first-order chi connectivity index (χ1) is 14.2. The highest BCUT2D eigenvalue weighted by Crippen LogP contribution is 2.20. The number of nitrogens with zero attached hydrogens (tertiary/aromatic N) is 5. The van der Waals surface area contributed by atoms with Gasteiger partial charge in [0.25, 0.3) is 0 Å². The van der Waals surface area contributed by atoms with Crippen molar-refractivity contribution >= 4 is 11.6 Å². The number of amides is 1. The third-order valence-corrected chi connectivity index (χ3v) is 5.80. The van der Waals surface area contributed by atoms with E-state index in [1.165, 1.54) is 11.6 Å². The maximum atomic E-state index is 14.0. The average molecular weight is 397 g/mol. The molecule has 1 aromatic carbocycles. The van der Waals surface area contributed by atoms with Gasteiger partial charge in [0.2, 0.25) is 5.91 Å². The van der Waals surface area contributed by atoms with E-state index in [2.05, 4.69) is 26.9 Å². The van der Waals surface area contributed by atoms with Crippen LogP contribution in [0, 0.1) is 5.82 Å². The molecule has 0 bridgehead atoms. The zero-order valence-electron chi connectivity index (χ0n) is 16.7. The highest BCUT2D eigenvalue weighted by molar-refractivity contribution is 5.78. The molecule has 29 heavy (non-hydrogen) atoms. The van der Waals surface area contributed by atoms with Crippen LogP contribution in [0.15, 0.2) is 48.8 Å². The minimum atomic E-state index is -0.197. The predicted octanol–water partition coefficient (Wildman–Crippen LogP) is 1.69. The summed E-state index contributed by atoms with van der Waals surface area (Å²) >= 11 is 0. The fourth-order valence-corrected chi connectivity index (χ4v) is 4.05. The molecule has 7 heteroatoms. The van der Waals surface area contributed by atoms with Crippen molar-refractivity contribution < 1.29 is 9.18 Å². The van der Waals surface area contributed by atoms with E-state index in [0.717, 1.165) is 32.7 Å². The molecule has 1 aromatic heterocycles. The Morgan fingerprint density at radius 1 is 0.862 bits per heavy atom. The van der Waals surface area contributed by atoms with Gasteiger partial charge in [-0.3, -0.25) is 19.6 Å². The Morgan fingerprint density at radius 3 is 2.21 bits per heavy atom. The van der Waals surface area contributed by atoms with Gasteiger partial charge in [-0.15, -0.1) is 0 Å². The van der Waals surface area contributed by atoms with Crippen molar-refractivity contribution in [2.24, 2.45) is 0 Å². The average Bonchev–Trinajstić information content (AvgIpc) is 2.76. The molecule has 2 aliphatic rings. The van der Waals surface area contributed by atoms with Crippen LogP contribution in [0.2, 0.25) is 0 Å². The lowest BCUT2D eigenvalue weighted by atomic mass is 10.2. The van der Waals surface area contributed by atoms with Crippen LogP contribution >= 0.6 is 0 Å². The third kappa shape index (κ3) is 5.10. The minimum Gasteiger partial charge on any atom is -0.366 e. The van der Waals surface area contributed by atoms with Gasteiger partial charge in [-0.25, -0.2) is 4.39 Å². The number of hydrogen-bond acceptors (Lipinski definition) is 5. The molecule has 0 spiro atoms. The molecular weight excluding hydrogens is 369 g/mol. The summed E-state index contributed by atoms with van der Waals surface area (Å²) in [6.45, 7) is 7.81. The number of halogens is 1. The zero-order valence-corrected chi connectivity index (χ0v) is 16.7. The van der Waals surface area contributed by atoms with Crippen molar-refractivity contribution in [1.29, 1.82) is 0 Å². The number of rotatable bonds is 5. The lowest BCUT2D eigenvalue weighted by Gasteiger charge is -2.38. The van der Waals surface area contributed by atoms with Crippen molar-refractivity contribution in [3.63, 3.8) is 0 Å². The summed E-state index contributed by atoms with van der Waals surface area (Å²) in [5.41, 5.74) is 1.90. The Labute approximate surface area is 171 Å². The van der Waals surface area contributed by atoms with Crippen molar-refractivity contribution in [1.82, 2.24) is 19.7 Å². The van der Waals surface area contributed by atoms with Gasteiger partial charge in [0.15, 0.2) is 0 Å². The Bertz CT molecular complexity index is 802. The summed E-state index contributed by atoms with van der Waals surface area (Å²) in [7, 11) is 0. The zero-order chi connectivity index (χ0) is 20.1. The van der Waals surface area contributed by atoms with Gasteiger partial charge in [0.1, 0.15) is 5.82 Å². The molecule has 0 atom stereocenters. The first-order valence-electron chi connectivity index (χ1n) is 10.3. The molecule has 4 rings (SSSR count). The first kappa shape index (κ1) is 19.8. The van der Waals surface area contributed by atoms with Crippen LogP contribution in [-0.2, 0) is 11.3 Å². The lowest BCUT2D eigenvalue weighted by Crippen LogP contribution is -2.53. The Morgan fingerprint density at radius 2 is 1.52 bits per heavy atom. The van der Waals surface area contributed by atoms with Gasteiger partial charge in [-0.05, 0) is 29.8 Å². The Kier molecular flexibility index (Phi) is 6.36. The maximum Gasteiger partial charge on any atom is 0.236 e. The standard InChI is InChI=1S/C22H28FN5O/c23-20-3-1-2-4-21(20)27-13-15-28(16-14-27)22(29)18-26-11-9-25(10-12-26)17-19-5-7-24-8-6-19/h1-8H,9-18H2. The number of para-hydroxylation sites is 1. The van der Waals surface area contributed by atoms with Crippen molar-refractivity contribution in [3.05, 3.63) is 60.2 Å². The van der Waals surface area contributed by atoms with Gasteiger partial charge in [-0.2, -0.15) is 0 Å². The highest BCUT2D eigenvalue weighted by Gasteiger charge is 2.25. The second-order valence-electron chi connectivity index (χ2n) is 7.73. The fourth-order valence-electron chi connectivity index (χ4n) is 4.05. The van der Waals surface area contributed by atoms with E-state index in [1.807, 2.05) is 28.3 Å².